The Kier molecular flexibility index (Phi) is 5.59. The Morgan fingerprint density at radius 3 is 2.55 bits per heavy atom. The van der Waals surface area contributed by atoms with Gasteiger partial charge in [-0.3, -0.25) is 0 Å². The van der Waals surface area contributed by atoms with Crippen LogP contribution in [-0.2, 0) is 0 Å². The summed E-state index contributed by atoms with van der Waals surface area (Å²) in [5.74, 6) is 1.09. The fourth-order valence-electron chi connectivity index (χ4n) is 3.07. The maximum absolute atomic E-state index is 9.22. The van der Waals surface area contributed by atoms with E-state index in [-0.39, 0.29) is 12.6 Å². The van der Waals surface area contributed by atoms with E-state index in [4.69, 9.17) is 16.6 Å². The van der Waals surface area contributed by atoms with E-state index < -0.39 is 0 Å². The summed E-state index contributed by atoms with van der Waals surface area (Å²) in [6.07, 6.45) is 1.72. The van der Waals surface area contributed by atoms with Crippen molar-refractivity contribution in [2.24, 2.45) is 0 Å². The van der Waals surface area contributed by atoms with Gasteiger partial charge in [0.25, 0.3) is 0 Å². The normalized spacial score (nSPS) is 12.1. The van der Waals surface area contributed by atoms with Crippen LogP contribution in [0.3, 0.4) is 0 Å². The summed E-state index contributed by atoms with van der Waals surface area (Å²) in [5, 5.41) is 21.6. The van der Waals surface area contributed by atoms with Crippen molar-refractivity contribution in [1.82, 2.24) is 19.7 Å². The SMILES string of the molecule is CC(Nc1nc(NCCO)c2cnn(-c3ccc(Cl)cc3)c2n1)c1ccccc1. The van der Waals surface area contributed by atoms with Crippen LogP contribution in [0.4, 0.5) is 11.8 Å². The average molecular weight is 409 g/mol. The van der Waals surface area contributed by atoms with Gasteiger partial charge in [-0.05, 0) is 36.8 Å². The molecule has 0 aliphatic rings. The van der Waals surface area contributed by atoms with Crippen molar-refractivity contribution in [3.05, 3.63) is 71.4 Å². The van der Waals surface area contributed by atoms with Crippen LogP contribution in [0.2, 0.25) is 5.02 Å². The third-order valence-corrected chi connectivity index (χ3v) is 4.80. The smallest absolute Gasteiger partial charge is 0.227 e. The number of hydrogen-bond acceptors (Lipinski definition) is 6. The van der Waals surface area contributed by atoms with Crippen LogP contribution in [0.1, 0.15) is 18.5 Å². The maximum atomic E-state index is 9.22. The minimum atomic E-state index is -0.00000227. The van der Waals surface area contributed by atoms with Crippen LogP contribution >= 0.6 is 11.6 Å². The highest BCUT2D eigenvalue weighted by Crippen LogP contribution is 2.26. The Bertz CT molecular complexity index is 1100. The molecule has 3 N–H and O–H groups in total. The molecule has 8 heteroatoms. The highest BCUT2D eigenvalue weighted by atomic mass is 35.5. The Morgan fingerprint density at radius 2 is 1.83 bits per heavy atom. The summed E-state index contributed by atoms with van der Waals surface area (Å²) >= 11 is 6.02. The molecular weight excluding hydrogens is 388 g/mol. The molecule has 0 amide bonds. The molecule has 1 atom stereocenters. The van der Waals surface area contributed by atoms with Gasteiger partial charge in [0.1, 0.15) is 5.82 Å². The second-order valence-electron chi connectivity index (χ2n) is 6.59. The molecule has 2 aromatic carbocycles. The number of aliphatic hydroxyl groups excluding tert-OH is 1. The van der Waals surface area contributed by atoms with Crippen molar-refractivity contribution < 1.29 is 5.11 Å². The summed E-state index contributed by atoms with van der Waals surface area (Å²) in [6, 6.07) is 17.5. The maximum Gasteiger partial charge on any atom is 0.227 e. The van der Waals surface area contributed by atoms with E-state index >= 15 is 0 Å². The van der Waals surface area contributed by atoms with Crippen LogP contribution in [0, 0.1) is 0 Å². The van der Waals surface area contributed by atoms with Gasteiger partial charge in [0.2, 0.25) is 5.95 Å². The summed E-state index contributed by atoms with van der Waals surface area (Å²) < 4.78 is 1.75. The number of nitrogens with zero attached hydrogens (tertiary/aromatic N) is 4. The Morgan fingerprint density at radius 1 is 1.07 bits per heavy atom. The van der Waals surface area contributed by atoms with Crippen molar-refractivity contribution in [2.45, 2.75) is 13.0 Å². The van der Waals surface area contributed by atoms with Crippen LogP contribution in [-0.4, -0.2) is 38.0 Å². The molecule has 0 fully saturated rings. The molecule has 148 valence electrons. The van der Waals surface area contributed by atoms with Gasteiger partial charge < -0.3 is 15.7 Å². The third kappa shape index (κ3) is 4.16. The van der Waals surface area contributed by atoms with E-state index in [0.29, 0.717) is 29.0 Å². The van der Waals surface area contributed by atoms with Gasteiger partial charge in [-0.1, -0.05) is 41.9 Å². The fourth-order valence-corrected chi connectivity index (χ4v) is 3.20. The molecule has 0 aliphatic carbocycles. The van der Waals surface area contributed by atoms with Crippen molar-refractivity contribution in [2.75, 3.05) is 23.8 Å². The largest absolute Gasteiger partial charge is 0.395 e. The fraction of sp³-hybridized carbons (Fsp3) is 0.190. The first kappa shape index (κ1) is 19.2. The van der Waals surface area contributed by atoms with Gasteiger partial charge in [0.05, 0.1) is 29.9 Å². The number of nitrogens with one attached hydrogen (secondary N) is 2. The second-order valence-corrected chi connectivity index (χ2v) is 7.03. The Labute approximate surface area is 173 Å². The molecule has 0 bridgehead atoms. The topological polar surface area (TPSA) is 87.9 Å². The van der Waals surface area contributed by atoms with Gasteiger partial charge in [0.15, 0.2) is 5.65 Å². The monoisotopic (exact) mass is 408 g/mol. The number of aliphatic hydroxyl groups is 1. The van der Waals surface area contributed by atoms with Crippen molar-refractivity contribution in [1.29, 1.82) is 0 Å². The van der Waals surface area contributed by atoms with Crippen LogP contribution in [0.5, 0.6) is 0 Å². The highest BCUT2D eigenvalue weighted by molar-refractivity contribution is 6.30. The summed E-state index contributed by atoms with van der Waals surface area (Å²) in [7, 11) is 0. The van der Waals surface area contributed by atoms with Crippen LogP contribution < -0.4 is 10.6 Å². The Balaban J connectivity index is 1.76. The standard InChI is InChI=1S/C21H21ClN6O/c1-14(15-5-3-2-4-6-15)25-21-26-19(23-11-12-29)18-13-24-28(20(18)27-21)17-9-7-16(22)8-10-17/h2-10,13-14,29H,11-12H2,1H3,(H2,23,25,26,27). The molecule has 0 aliphatic heterocycles. The first-order chi connectivity index (χ1) is 14.2. The number of fused-ring (bicyclic) bond motifs is 1. The number of halogens is 1. The molecule has 4 rings (SSSR count). The molecule has 2 aromatic heterocycles. The lowest BCUT2D eigenvalue weighted by Gasteiger charge is -2.16. The van der Waals surface area contributed by atoms with E-state index in [1.165, 1.54) is 0 Å². The molecule has 0 saturated heterocycles. The summed E-state index contributed by atoms with van der Waals surface area (Å²) in [5.41, 5.74) is 2.64. The van der Waals surface area contributed by atoms with Crippen molar-refractivity contribution in [3.8, 4) is 5.69 Å². The molecule has 2 heterocycles. The first-order valence-electron chi connectivity index (χ1n) is 9.33. The quantitative estimate of drug-likeness (QED) is 0.427. The predicted octanol–water partition coefficient (Wildman–Crippen LogP) is 4.05. The van der Waals surface area contributed by atoms with Crippen molar-refractivity contribution >= 4 is 34.4 Å². The molecule has 0 radical (unpaired) electrons. The molecule has 4 aromatic rings. The lowest BCUT2D eigenvalue weighted by Crippen LogP contribution is -2.13. The lowest BCUT2D eigenvalue weighted by molar-refractivity contribution is 0.311. The number of aromatic nitrogens is 4. The minimum absolute atomic E-state index is 0.00000227. The third-order valence-electron chi connectivity index (χ3n) is 4.55. The van der Waals surface area contributed by atoms with Gasteiger partial charge in [-0.15, -0.1) is 0 Å². The molecule has 0 saturated carbocycles. The number of rotatable bonds is 7. The lowest BCUT2D eigenvalue weighted by atomic mass is 10.1. The zero-order valence-electron chi connectivity index (χ0n) is 15.9. The van der Waals surface area contributed by atoms with Crippen molar-refractivity contribution in [3.63, 3.8) is 0 Å². The van der Waals surface area contributed by atoms with E-state index in [1.807, 2.05) is 42.5 Å². The number of benzene rings is 2. The molecule has 29 heavy (non-hydrogen) atoms. The molecule has 1 unspecified atom stereocenters. The molecule has 7 nitrogen and oxygen atoms in total. The first-order valence-corrected chi connectivity index (χ1v) is 9.71. The Hall–Kier alpha value is -3.16. The average Bonchev–Trinajstić information content (AvgIpc) is 3.17. The highest BCUT2D eigenvalue weighted by Gasteiger charge is 2.15. The summed E-state index contributed by atoms with van der Waals surface area (Å²) in [4.78, 5) is 9.32. The summed E-state index contributed by atoms with van der Waals surface area (Å²) in [6.45, 7) is 2.44. The van der Waals surface area contributed by atoms with E-state index in [9.17, 15) is 5.11 Å². The van der Waals surface area contributed by atoms with Gasteiger partial charge in [-0.25, -0.2) is 4.68 Å². The predicted molar refractivity (Wildman–Crippen MR) is 116 cm³/mol. The number of anilines is 2. The molecule has 0 spiro atoms. The van der Waals surface area contributed by atoms with E-state index in [2.05, 4.69) is 39.8 Å². The van der Waals surface area contributed by atoms with Gasteiger partial charge in [-0.2, -0.15) is 15.1 Å². The van der Waals surface area contributed by atoms with E-state index in [0.717, 1.165) is 16.6 Å². The van der Waals surface area contributed by atoms with Gasteiger partial charge in [0, 0.05) is 11.6 Å². The van der Waals surface area contributed by atoms with Crippen LogP contribution in [0.15, 0.2) is 60.8 Å². The number of hydrogen-bond donors (Lipinski definition) is 3. The van der Waals surface area contributed by atoms with Crippen LogP contribution in [0.25, 0.3) is 16.7 Å². The van der Waals surface area contributed by atoms with E-state index in [1.54, 1.807) is 10.9 Å². The van der Waals surface area contributed by atoms with Gasteiger partial charge >= 0.3 is 0 Å². The zero-order valence-corrected chi connectivity index (χ0v) is 16.6. The molecular formula is C21H21ClN6O. The zero-order chi connectivity index (χ0) is 20.2. The minimum Gasteiger partial charge on any atom is -0.395 e. The second kappa shape index (κ2) is 8.46.